The summed E-state index contributed by atoms with van der Waals surface area (Å²) in [6.07, 6.45) is 15.9. The lowest BCUT2D eigenvalue weighted by molar-refractivity contribution is 0.478. The molecule has 0 rings (SSSR count). The maximum atomic E-state index is 10.5. The maximum Gasteiger partial charge on any atom is 0.264 e. The molecule has 0 saturated carbocycles. The van der Waals surface area contributed by atoms with Gasteiger partial charge in [0.15, 0.2) is 0 Å². The van der Waals surface area contributed by atoms with Gasteiger partial charge in [0, 0.05) is 0 Å². The van der Waals surface area contributed by atoms with Crippen molar-refractivity contribution < 1.29 is 17.7 Å². The summed E-state index contributed by atoms with van der Waals surface area (Å²) in [7, 11) is -3.74. The maximum absolute atomic E-state index is 10.5. The van der Waals surface area contributed by atoms with Crippen molar-refractivity contribution in [1.82, 2.24) is 0 Å². The van der Waals surface area contributed by atoms with Gasteiger partial charge in [0.05, 0.1) is 5.75 Å². The largest absolute Gasteiger partial charge is 0.286 e. The van der Waals surface area contributed by atoms with Gasteiger partial charge in [0.2, 0.25) is 0 Å². The zero-order valence-electron chi connectivity index (χ0n) is 13.0. The summed E-state index contributed by atoms with van der Waals surface area (Å²) in [6.45, 7) is 2.25. The van der Waals surface area contributed by atoms with Crippen LogP contribution in [0.25, 0.3) is 0 Å². The van der Waals surface area contributed by atoms with Gasteiger partial charge in [-0.25, -0.2) is 0 Å². The van der Waals surface area contributed by atoms with Gasteiger partial charge in [-0.1, -0.05) is 84.0 Å². The first kappa shape index (κ1) is 22.1. The van der Waals surface area contributed by atoms with Crippen molar-refractivity contribution in [1.29, 1.82) is 0 Å². The molecule has 0 spiro atoms. The Balaban J connectivity index is 0. The van der Waals surface area contributed by atoms with Crippen molar-refractivity contribution >= 4 is 10.1 Å². The molecule has 0 aliphatic carbocycles. The van der Waals surface area contributed by atoms with Crippen LogP contribution in [0.4, 0.5) is 4.70 Å². The Morgan fingerprint density at radius 3 is 1.25 bits per heavy atom. The van der Waals surface area contributed by atoms with Crippen LogP contribution in [0.15, 0.2) is 0 Å². The lowest BCUT2D eigenvalue weighted by Crippen LogP contribution is -2.03. The predicted octanol–water partition coefficient (Wildman–Crippen LogP) is 5.12. The van der Waals surface area contributed by atoms with E-state index in [2.05, 4.69) is 6.92 Å². The van der Waals surface area contributed by atoms with E-state index in [0.29, 0.717) is 6.42 Å². The molecule has 20 heavy (non-hydrogen) atoms. The van der Waals surface area contributed by atoms with E-state index in [1.165, 1.54) is 64.2 Å². The second-order valence-electron chi connectivity index (χ2n) is 5.53. The molecule has 0 bridgehead atoms. The second-order valence-corrected chi connectivity index (χ2v) is 7.10. The average Bonchev–Trinajstić information content (AvgIpc) is 2.34. The van der Waals surface area contributed by atoms with Gasteiger partial charge in [-0.3, -0.25) is 9.26 Å². The van der Waals surface area contributed by atoms with E-state index in [1.54, 1.807) is 0 Å². The zero-order valence-corrected chi connectivity index (χ0v) is 13.8. The fourth-order valence-corrected chi connectivity index (χ4v) is 2.87. The topological polar surface area (TPSA) is 54.4 Å². The van der Waals surface area contributed by atoms with Crippen molar-refractivity contribution in [3.8, 4) is 0 Å². The molecule has 0 amide bonds. The molecule has 0 fully saturated rings. The van der Waals surface area contributed by atoms with Crippen LogP contribution in [0.5, 0.6) is 0 Å². The standard InChI is InChI=1S/C15H32O3S.FH/c1-2-3-4-5-6-7-8-9-10-11-12-13-14-15-19(16,17)18;/h2-15H2,1H3,(H,16,17,18);1H. The molecular weight excluding hydrogens is 279 g/mol. The highest BCUT2D eigenvalue weighted by Gasteiger charge is 2.02. The highest BCUT2D eigenvalue weighted by atomic mass is 32.2. The lowest BCUT2D eigenvalue weighted by Gasteiger charge is -2.02. The normalized spacial score (nSPS) is 11.3. The molecule has 0 radical (unpaired) electrons. The third-order valence-corrected chi connectivity index (χ3v) is 4.31. The number of hydrogen-bond donors (Lipinski definition) is 1. The third kappa shape index (κ3) is 20.2. The highest BCUT2D eigenvalue weighted by Crippen LogP contribution is 2.12. The summed E-state index contributed by atoms with van der Waals surface area (Å²) in [4.78, 5) is 0. The van der Waals surface area contributed by atoms with E-state index in [0.717, 1.165) is 12.8 Å². The fourth-order valence-electron chi connectivity index (χ4n) is 2.30. The second kappa shape index (κ2) is 15.2. The SMILES string of the molecule is CCCCCCCCCCCCCCCS(=O)(=O)O.F. The Morgan fingerprint density at radius 1 is 0.650 bits per heavy atom. The summed E-state index contributed by atoms with van der Waals surface area (Å²) in [5.41, 5.74) is 0. The minimum absolute atomic E-state index is 0. The number of rotatable bonds is 14. The Morgan fingerprint density at radius 2 is 0.950 bits per heavy atom. The molecule has 0 aliphatic heterocycles. The number of halogens is 1. The first-order valence-electron chi connectivity index (χ1n) is 8.01. The smallest absolute Gasteiger partial charge is 0.264 e. The van der Waals surface area contributed by atoms with Gasteiger partial charge >= 0.3 is 0 Å². The van der Waals surface area contributed by atoms with E-state index in [1.807, 2.05) is 0 Å². The van der Waals surface area contributed by atoms with E-state index in [-0.39, 0.29) is 10.5 Å². The molecule has 0 aromatic heterocycles. The molecule has 0 heterocycles. The molecule has 0 atom stereocenters. The number of unbranched alkanes of at least 4 members (excludes halogenated alkanes) is 12. The van der Waals surface area contributed by atoms with Crippen LogP contribution < -0.4 is 0 Å². The van der Waals surface area contributed by atoms with Crippen LogP contribution in [0, 0.1) is 0 Å². The molecule has 124 valence electrons. The van der Waals surface area contributed by atoms with Crippen molar-refractivity contribution in [3.05, 3.63) is 0 Å². The quantitative estimate of drug-likeness (QED) is 0.358. The van der Waals surface area contributed by atoms with Crippen LogP contribution in [0.3, 0.4) is 0 Å². The third-order valence-electron chi connectivity index (χ3n) is 3.51. The summed E-state index contributed by atoms with van der Waals surface area (Å²) >= 11 is 0. The van der Waals surface area contributed by atoms with Gasteiger partial charge < -0.3 is 0 Å². The van der Waals surface area contributed by atoms with Crippen LogP contribution in [-0.4, -0.2) is 18.7 Å². The van der Waals surface area contributed by atoms with Crippen molar-refractivity contribution in [2.75, 3.05) is 5.75 Å². The van der Waals surface area contributed by atoms with Gasteiger partial charge in [0.1, 0.15) is 0 Å². The van der Waals surface area contributed by atoms with Crippen LogP contribution in [0.2, 0.25) is 0 Å². The number of hydrogen-bond acceptors (Lipinski definition) is 2. The molecule has 0 aliphatic rings. The van der Waals surface area contributed by atoms with E-state index in [4.69, 9.17) is 4.55 Å². The minimum atomic E-state index is -3.74. The molecular formula is C15H33FO3S. The van der Waals surface area contributed by atoms with Crippen molar-refractivity contribution in [2.45, 2.75) is 90.4 Å². The summed E-state index contributed by atoms with van der Waals surface area (Å²) in [6, 6.07) is 0. The Labute approximate surface area is 124 Å². The fraction of sp³-hybridized carbons (Fsp3) is 1.00. The Hall–Kier alpha value is -0.160. The summed E-state index contributed by atoms with van der Waals surface area (Å²) in [5.74, 6) is -0.0786. The minimum Gasteiger partial charge on any atom is -0.286 e. The predicted molar refractivity (Wildman–Crippen MR) is 84.6 cm³/mol. The monoisotopic (exact) mass is 312 g/mol. The highest BCUT2D eigenvalue weighted by molar-refractivity contribution is 7.85. The van der Waals surface area contributed by atoms with E-state index >= 15 is 0 Å². The van der Waals surface area contributed by atoms with Crippen LogP contribution in [-0.2, 0) is 10.1 Å². The van der Waals surface area contributed by atoms with Gasteiger partial charge in [0.25, 0.3) is 10.1 Å². The average molecular weight is 312 g/mol. The van der Waals surface area contributed by atoms with Crippen LogP contribution >= 0.6 is 0 Å². The van der Waals surface area contributed by atoms with Crippen LogP contribution in [0.1, 0.15) is 90.4 Å². The van der Waals surface area contributed by atoms with E-state index < -0.39 is 10.1 Å². The van der Waals surface area contributed by atoms with Gasteiger partial charge in [-0.15, -0.1) is 0 Å². The molecule has 3 nitrogen and oxygen atoms in total. The van der Waals surface area contributed by atoms with Crippen molar-refractivity contribution in [3.63, 3.8) is 0 Å². The summed E-state index contributed by atoms with van der Waals surface area (Å²) in [5, 5.41) is 0. The van der Waals surface area contributed by atoms with E-state index in [9.17, 15) is 8.42 Å². The molecule has 0 aromatic carbocycles. The lowest BCUT2D eigenvalue weighted by atomic mass is 10.1. The molecule has 0 aromatic rings. The Bertz CT molecular complexity index is 279. The molecule has 0 saturated heterocycles. The first-order valence-corrected chi connectivity index (χ1v) is 9.62. The molecule has 1 N–H and O–H groups in total. The van der Waals surface area contributed by atoms with Gasteiger partial charge in [-0.2, -0.15) is 8.42 Å². The zero-order chi connectivity index (χ0) is 14.4. The first-order chi connectivity index (χ1) is 9.06. The summed E-state index contributed by atoms with van der Waals surface area (Å²) < 4.78 is 29.5. The molecule has 0 unspecified atom stereocenters. The van der Waals surface area contributed by atoms with Crippen molar-refractivity contribution in [2.24, 2.45) is 0 Å². The molecule has 5 heteroatoms. The Kier molecular flexibility index (Phi) is 16.9. The van der Waals surface area contributed by atoms with Gasteiger partial charge in [-0.05, 0) is 6.42 Å².